The maximum atomic E-state index is 5.34. The number of rotatable bonds is 6. The SMILES string of the molecule is CCN(Cc1nc(-c2cccnc2)no1)Cc1cccs1. The maximum Gasteiger partial charge on any atom is 0.241 e. The fourth-order valence-corrected chi connectivity index (χ4v) is 2.77. The van der Waals surface area contributed by atoms with Crippen LogP contribution in [0.4, 0.5) is 0 Å². The second-order valence-corrected chi connectivity index (χ2v) is 5.67. The molecule has 108 valence electrons. The fraction of sp³-hybridized carbons (Fsp3) is 0.267. The normalized spacial score (nSPS) is 11.1. The molecule has 0 aliphatic rings. The van der Waals surface area contributed by atoms with Crippen molar-refractivity contribution in [1.29, 1.82) is 0 Å². The van der Waals surface area contributed by atoms with Gasteiger partial charge in [-0.25, -0.2) is 0 Å². The van der Waals surface area contributed by atoms with Crippen molar-refractivity contribution in [2.24, 2.45) is 0 Å². The predicted octanol–water partition coefficient (Wildman–Crippen LogP) is 3.22. The van der Waals surface area contributed by atoms with Crippen LogP contribution >= 0.6 is 11.3 Å². The second-order valence-electron chi connectivity index (χ2n) is 4.64. The van der Waals surface area contributed by atoms with Crippen LogP contribution in [0, 0.1) is 0 Å². The fourth-order valence-electron chi connectivity index (χ4n) is 2.03. The van der Waals surface area contributed by atoms with Crippen LogP contribution in [0.5, 0.6) is 0 Å². The Balaban J connectivity index is 1.68. The van der Waals surface area contributed by atoms with E-state index in [1.165, 1.54) is 4.88 Å². The van der Waals surface area contributed by atoms with Crippen molar-refractivity contribution >= 4 is 11.3 Å². The topological polar surface area (TPSA) is 55.1 Å². The Bertz CT molecular complexity index is 666. The average Bonchev–Trinajstić information content (AvgIpc) is 3.19. The summed E-state index contributed by atoms with van der Waals surface area (Å²) in [6.45, 7) is 4.62. The molecule has 3 aromatic heterocycles. The number of thiophene rings is 1. The highest BCUT2D eigenvalue weighted by molar-refractivity contribution is 7.09. The maximum absolute atomic E-state index is 5.34. The first-order valence-corrected chi connectivity index (χ1v) is 7.71. The zero-order valence-corrected chi connectivity index (χ0v) is 12.6. The molecule has 0 fully saturated rings. The van der Waals surface area contributed by atoms with Crippen LogP contribution in [-0.4, -0.2) is 26.6 Å². The summed E-state index contributed by atoms with van der Waals surface area (Å²) in [7, 11) is 0. The molecule has 3 heterocycles. The van der Waals surface area contributed by atoms with Crippen LogP contribution in [0.2, 0.25) is 0 Å². The summed E-state index contributed by atoms with van der Waals surface area (Å²) in [5.41, 5.74) is 0.869. The summed E-state index contributed by atoms with van der Waals surface area (Å²) in [6, 6.07) is 7.99. The summed E-state index contributed by atoms with van der Waals surface area (Å²) >= 11 is 1.76. The van der Waals surface area contributed by atoms with Gasteiger partial charge in [-0.1, -0.05) is 18.1 Å². The largest absolute Gasteiger partial charge is 0.338 e. The number of hydrogen-bond donors (Lipinski definition) is 0. The third kappa shape index (κ3) is 3.53. The summed E-state index contributed by atoms with van der Waals surface area (Å²) in [4.78, 5) is 12.1. The third-order valence-electron chi connectivity index (χ3n) is 3.15. The van der Waals surface area contributed by atoms with Crippen molar-refractivity contribution < 1.29 is 4.52 Å². The van der Waals surface area contributed by atoms with Gasteiger partial charge in [-0.3, -0.25) is 9.88 Å². The molecule has 0 saturated carbocycles. The van der Waals surface area contributed by atoms with Crippen molar-refractivity contribution in [3.8, 4) is 11.4 Å². The minimum Gasteiger partial charge on any atom is -0.338 e. The van der Waals surface area contributed by atoms with Crippen LogP contribution in [0.3, 0.4) is 0 Å². The van der Waals surface area contributed by atoms with E-state index in [4.69, 9.17) is 4.52 Å². The van der Waals surface area contributed by atoms with E-state index in [1.54, 1.807) is 23.7 Å². The summed E-state index contributed by atoms with van der Waals surface area (Å²) in [5.74, 6) is 1.22. The molecule has 0 N–H and O–H groups in total. The molecule has 6 heteroatoms. The molecule has 0 spiro atoms. The second kappa shape index (κ2) is 6.60. The highest BCUT2D eigenvalue weighted by Crippen LogP contribution is 2.16. The standard InChI is InChI=1S/C15H16N4OS/c1-2-19(10-13-6-4-8-21-13)11-14-17-15(18-20-14)12-5-3-7-16-9-12/h3-9H,2,10-11H2,1H3. The van der Waals surface area contributed by atoms with Gasteiger partial charge in [0.25, 0.3) is 0 Å². The Labute approximate surface area is 127 Å². The molecule has 0 atom stereocenters. The van der Waals surface area contributed by atoms with Gasteiger partial charge in [0, 0.05) is 29.4 Å². The molecule has 0 bridgehead atoms. The van der Waals surface area contributed by atoms with E-state index in [0.29, 0.717) is 18.3 Å². The zero-order valence-electron chi connectivity index (χ0n) is 11.8. The molecule has 0 saturated heterocycles. The molecule has 3 rings (SSSR count). The van der Waals surface area contributed by atoms with Crippen LogP contribution in [0.15, 0.2) is 46.6 Å². The lowest BCUT2D eigenvalue weighted by molar-refractivity contribution is 0.230. The van der Waals surface area contributed by atoms with Gasteiger partial charge in [-0.05, 0) is 30.1 Å². The van der Waals surface area contributed by atoms with E-state index < -0.39 is 0 Å². The minimum absolute atomic E-state index is 0.588. The lowest BCUT2D eigenvalue weighted by atomic mass is 10.3. The number of pyridine rings is 1. The van der Waals surface area contributed by atoms with E-state index in [1.807, 2.05) is 12.1 Å². The predicted molar refractivity (Wildman–Crippen MR) is 81.6 cm³/mol. The smallest absolute Gasteiger partial charge is 0.241 e. The van der Waals surface area contributed by atoms with Crippen LogP contribution in [0.25, 0.3) is 11.4 Å². The van der Waals surface area contributed by atoms with Gasteiger partial charge in [-0.15, -0.1) is 11.3 Å². The quantitative estimate of drug-likeness (QED) is 0.699. The molecule has 5 nitrogen and oxygen atoms in total. The Hall–Kier alpha value is -2.05. The first kappa shape index (κ1) is 13.9. The number of aromatic nitrogens is 3. The van der Waals surface area contributed by atoms with E-state index in [2.05, 4.69) is 44.5 Å². The molecule has 0 amide bonds. The lowest BCUT2D eigenvalue weighted by Gasteiger charge is -2.16. The molecule has 0 aromatic carbocycles. The highest BCUT2D eigenvalue weighted by Gasteiger charge is 2.12. The van der Waals surface area contributed by atoms with Gasteiger partial charge < -0.3 is 4.52 Å². The monoisotopic (exact) mass is 300 g/mol. The number of hydrogen-bond acceptors (Lipinski definition) is 6. The average molecular weight is 300 g/mol. The van der Waals surface area contributed by atoms with Crippen LogP contribution in [-0.2, 0) is 13.1 Å². The Morgan fingerprint density at radius 3 is 2.90 bits per heavy atom. The Morgan fingerprint density at radius 1 is 1.24 bits per heavy atom. The van der Waals surface area contributed by atoms with Crippen molar-refractivity contribution in [2.75, 3.05) is 6.54 Å². The molecule has 0 aliphatic heterocycles. The molecule has 0 aliphatic carbocycles. The molecule has 21 heavy (non-hydrogen) atoms. The minimum atomic E-state index is 0.588. The summed E-state index contributed by atoms with van der Waals surface area (Å²) < 4.78 is 5.34. The lowest BCUT2D eigenvalue weighted by Crippen LogP contribution is -2.21. The van der Waals surface area contributed by atoms with Crippen LogP contribution in [0.1, 0.15) is 17.7 Å². The van der Waals surface area contributed by atoms with Gasteiger partial charge in [0.1, 0.15) is 0 Å². The van der Waals surface area contributed by atoms with Gasteiger partial charge >= 0.3 is 0 Å². The molecular weight excluding hydrogens is 284 g/mol. The highest BCUT2D eigenvalue weighted by atomic mass is 32.1. The first-order chi connectivity index (χ1) is 10.3. The molecule has 0 unspecified atom stereocenters. The Morgan fingerprint density at radius 2 is 2.19 bits per heavy atom. The van der Waals surface area contributed by atoms with Gasteiger partial charge in [0.2, 0.25) is 11.7 Å². The Kier molecular flexibility index (Phi) is 4.37. The zero-order chi connectivity index (χ0) is 14.5. The summed E-state index contributed by atoms with van der Waals surface area (Å²) in [6.07, 6.45) is 3.46. The van der Waals surface area contributed by atoms with Crippen molar-refractivity contribution in [3.63, 3.8) is 0 Å². The number of nitrogens with zero attached hydrogens (tertiary/aromatic N) is 4. The third-order valence-corrected chi connectivity index (χ3v) is 4.01. The van der Waals surface area contributed by atoms with Crippen LogP contribution < -0.4 is 0 Å². The van der Waals surface area contributed by atoms with E-state index in [0.717, 1.165) is 18.7 Å². The summed E-state index contributed by atoms with van der Waals surface area (Å²) in [5, 5.41) is 6.11. The first-order valence-electron chi connectivity index (χ1n) is 6.83. The molecule has 3 aromatic rings. The van der Waals surface area contributed by atoms with E-state index >= 15 is 0 Å². The molecule has 0 radical (unpaired) electrons. The molecular formula is C15H16N4OS. The van der Waals surface area contributed by atoms with Gasteiger partial charge in [-0.2, -0.15) is 4.98 Å². The van der Waals surface area contributed by atoms with E-state index in [9.17, 15) is 0 Å². The van der Waals surface area contributed by atoms with Crippen molar-refractivity contribution in [3.05, 3.63) is 52.8 Å². The van der Waals surface area contributed by atoms with Crippen molar-refractivity contribution in [1.82, 2.24) is 20.0 Å². The van der Waals surface area contributed by atoms with E-state index in [-0.39, 0.29) is 0 Å². The van der Waals surface area contributed by atoms with Gasteiger partial charge in [0.15, 0.2) is 0 Å². The van der Waals surface area contributed by atoms with Crippen molar-refractivity contribution in [2.45, 2.75) is 20.0 Å². The van der Waals surface area contributed by atoms with Gasteiger partial charge in [0.05, 0.1) is 6.54 Å².